The molecule has 0 saturated carbocycles. The number of carbonyl (C=O) groups is 1. The maximum atomic E-state index is 13.0. The predicted molar refractivity (Wildman–Crippen MR) is 116 cm³/mol. The molecule has 0 bridgehead atoms. The fraction of sp³-hybridized carbons (Fsp3) is 0.318. The second kappa shape index (κ2) is 7.33. The van der Waals surface area contributed by atoms with Crippen LogP contribution in [0.3, 0.4) is 0 Å². The van der Waals surface area contributed by atoms with Gasteiger partial charge in [-0.3, -0.25) is 9.78 Å². The summed E-state index contributed by atoms with van der Waals surface area (Å²) in [5, 5.41) is 17.9. The first-order valence-electron chi connectivity index (χ1n) is 10.5. The minimum absolute atomic E-state index is 0.192. The number of carbonyl (C=O) groups excluding carboxylic acids is 1. The summed E-state index contributed by atoms with van der Waals surface area (Å²) in [7, 11) is 0. The number of aromatic hydroxyl groups is 1. The van der Waals surface area contributed by atoms with E-state index in [1.807, 2.05) is 13.0 Å². The van der Waals surface area contributed by atoms with Gasteiger partial charge >= 0.3 is 0 Å². The fourth-order valence-corrected chi connectivity index (χ4v) is 3.98. The molecule has 10 nitrogen and oxygen atoms in total. The highest BCUT2D eigenvalue weighted by Gasteiger charge is 2.49. The van der Waals surface area contributed by atoms with Crippen LogP contribution in [-0.2, 0) is 16.6 Å². The zero-order valence-corrected chi connectivity index (χ0v) is 18.0. The van der Waals surface area contributed by atoms with Gasteiger partial charge in [-0.25, -0.2) is 19.5 Å². The molecule has 32 heavy (non-hydrogen) atoms. The Bertz CT molecular complexity index is 1350. The van der Waals surface area contributed by atoms with Gasteiger partial charge in [0.25, 0.3) is 0 Å². The molecular weight excluding hydrogens is 408 g/mol. The molecular formula is C22H22N8O2. The third-order valence-electron chi connectivity index (χ3n) is 5.83. The molecule has 4 aromatic rings. The summed E-state index contributed by atoms with van der Waals surface area (Å²) < 4.78 is 1.62. The van der Waals surface area contributed by atoms with Crippen molar-refractivity contribution in [2.24, 2.45) is 0 Å². The van der Waals surface area contributed by atoms with Crippen LogP contribution in [0.4, 0.5) is 5.82 Å². The van der Waals surface area contributed by atoms with E-state index in [0.717, 1.165) is 30.5 Å². The molecule has 1 unspecified atom stereocenters. The lowest BCUT2D eigenvalue weighted by Crippen LogP contribution is -2.33. The maximum absolute atomic E-state index is 13.0. The molecule has 0 radical (unpaired) electrons. The minimum Gasteiger partial charge on any atom is -0.493 e. The number of fused-ring (bicyclic) bond motifs is 2. The van der Waals surface area contributed by atoms with Gasteiger partial charge in [-0.1, -0.05) is 19.4 Å². The highest BCUT2D eigenvalue weighted by Crippen LogP contribution is 2.45. The Morgan fingerprint density at radius 2 is 2.03 bits per heavy atom. The highest BCUT2D eigenvalue weighted by molar-refractivity contribution is 6.08. The summed E-state index contributed by atoms with van der Waals surface area (Å²) >= 11 is 0. The van der Waals surface area contributed by atoms with Crippen LogP contribution in [0.5, 0.6) is 5.88 Å². The van der Waals surface area contributed by atoms with Crippen molar-refractivity contribution in [3.8, 4) is 17.4 Å². The van der Waals surface area contributed by atoms with Gasteiger partial charge < -0.3 is 10.4 Å². The Hall–Kier alpha value is -3.95. The van der Waals surface area contributed by atoms with Gasteiger partial charge in [0.05, 0.1) is 23.1 Å². The first kappa shape index (κ1) is 20.0. The van der Waals surface area contributed by atoms with Crippen LogP contribution in [0.25, 0.3) is 17.2 Å². The number of hydrogen-bond donors (Lipinski definition) is 2. The second-order valence-corrected chi connectivity index (χ2v) is 8.10. The third kappa shape index (κ3) is 2.98. The molecule has 1 amide bonds. The number of anilines is 1. The summed E-state index contributed by atoms with van der Waals surface area (Å²) in [5.41, 5.74) is 2.47. The summed E-state index contributed by atoms with van der Waals surface area (Å²) in [4.78, 5) is 35.2. The van der Waals surface area contributed by atoms with Gasteiger partial charge in [-0.05, 0) is 38.3 Å². The van der Waals surface area contributed by atoms with E-state index in [1.54, 1.807) is 29.9 Å². The second-order valence-electron chi connectivity index (χ2n) is 8.10. The van der Waals surface area contributed by atoms with Gasteiger partial charge in [0.1, 0.15) is 23.3 Å². The van der Waals surface area contributed by atoms with Crippen molar-refractivity contribution in [2.45, 2.75) is 45.4 Å². The monoisotopic (exact) mass is 430 g/mol. The van der Waals surface area contributed by atoms with E-state index in [9.17, 15) is 9.90 Å². The van der Waals surface area contributed by atoms with Crippen molar-refractivity contribution in [2.75, 3.05) is 5.32 Å². The van der Waals surface area contributed by atoms with Crippen LogP contribution < -0.4 is 5.32 Å². The third-order valence-corrected chi connectivity index (χ3v) is 5.83. The zero-order chi connectivity index (χ0) is 22.5. The molecule has 5 heterocycles. The average Bonchev–Trinajstić information content (AvgIpc) is 3.35. The molecule has 1 aliphatic rings. The fourth-order valence-electron chi connectivity index (χ4n) is 3.98. The highest BCUT2D eigenvalue weighted by atomic mass is 16.3. The largest absolute Gasteiger partial charge is 0.493 e. The van der Waals surface area contributed by atoms with Crippen molar-refractivity contribution in [1.82, 2.24) is 34.5 Å². The lowest BCUT2D eigenvalue weighted by molar-refractivity contribution is -0.119. The Morgan fingerprint density at radius 3 is 2.78 bits per heavy atom. The number of aryl methyl sites for hydroxylation is 2. The Morgan fingerprint density at radius 1 is 1.19 bits per heavy atom. The molecule has 10 heteroatoms. The van der Waals surface area contributed by atoms with Crippen LogP contribution in [0.2, 0.25) is 0 Å². The van der Waals surface area contributed by atoms with Crippen LogP contribution in [0.1, 0.15) is 49.2 Å². The molecule has 2 N–H and O–H groups in total. The molecule has 0 spiro atoms. The van der Waals surface area contributed by atoms with Crippen LogP contribution in [0.15, 0.2) is 30.9 Å². The summed E-state index contributed by atoms with van der Waals surface area (Å²) in [6.45, 7) is 5.73. The van der Waals surface area contributed by atoms with E-state index in [4.69, 9.17) is 0 Å². The van der Waals surface area contributed by atoms with Gasteiger partial charge in [-0.15, -0.1) is 0 Å². The quantitative estimate of drug-likeness (QED) is 0.494. The van der Waals surface area contributed by atoms with E-state index >= 15 is 0 Å². The SMILES string of the molecule is CCCCc1nc(-c2nc(O)c3c(n2)NC(=O)C3(C)c2ccc(C)cn2)cn2ncnc12. The van der Waals surface area contributed by atoms with Crippen molar-refractivity contribution < 1.29 is 9.90 Å². The van der Waals surface area contributed by atoms with Crippen molar-refractivity contribution in [3.05, 3.63) is 53.4 Å². The Labute approximate surface area is 183 Å². The summed E-state index contributed by atoms with van der Waals surface area (Å²) in [5.74, 6) is -0.173. The first-order chi connectivity index (χ1) is 15.4. The zero-order valence-electron chi connectivity index (χ0n) is 18.0. The number of aromatic nitrogens is 7. The average molecular weight is 430 g/mol. The van der Waals surface area contributed by atoms with Crippen molar-refractivity contribution in [3.63, 3.8) is 0 Å². The molecule has 0 saturated heterocycles. The maximum Gasteiger partial charge on any atom is 0.242 e. The minimum atomic E-state index is -1.21. The number of amides is 1. The molecule has 4 aromatic heterocycles. The molecule has 1 aliphatic heterocycles. The molecule has 0 aromatic carbocycles. The number of nitrogens with one attached hydrogen (secondary N) is 1. The van der Waals surface area contributed by atoms with Gasteiger partial charge in [0.2, 0.25) is 11.8 Å². The van der Waals surface area contributed by atoms with Crippen LogP contribution in [-0.4, -0.2) is 45.5 Å². The van der Waals surface area contributed by atoms with Gasteiger partial charge in [0.15, 0.2) is 11.5 Å². The number of pyridine rings is 1. The van der Waals surface area contributed by atoms with Crippen LogP contribution in [0, 0.1) is 6.92 Å². The van der Waals surface area contributed by atoms with E-state index in [1.165, 1.54) is 6.33 Å². The van der Waals surface area contributed by atoms with Gasteiger partial charge in [0, 0.05) is 6.20 Å². The van der Waals surface area contributed by atoms with Gasteiger partial charge in [-0.2, -0.15) is 10.1 Å². The smallest absolute Gasteiger partial charge is 0.242 e. The number of nitrogens with zero attached hydrogens (tertiary/aromatic N) is 7. The van der Waals surface area contributed by atoms with Crippen molar-refractivity contribution >= 4 is 17.4 Å². The van der Waals surface area contributed by atoms with E-state index in [0.29, 0.717) is 22.6 Å². The van der Waals surface area contributed by atoms with Crippen molar-refractivity contribution in [1.29, 1.82) is 0 Å². The number of unbranched alkanes of at least 4 members (excludes halogenated alkanes) is 1. The molecule has 162 valence electrons. The van der Waals surface area contributed by atoms with E-state index in [2.05, 4.69) is 42.3 Å². The van der Waals surface area contributed by atoms with Crippen LogP contribution >= 0.6 is 0 Å². The lowest BCUT2D eigenvalue weighted by Gasteiger charge is -2.21. The summed E-state index contributed by atoms with van der Waals surface area (Å²) in [6, 6.07) is 3.65. The Kier molecular flexibility index (Phi) is 4.58. The number of rotatable bonds is 5. The molecule has 5 rings (SSSR count). The van der Waals surface area contributed by atoms with E-state index in [-0.39, 0.29) is 23.4 Å². The normalized spacial score (nSPS) is 17.5. The Balaban J connectivity index is 1.63. The molecule has 0 fully saturated rings. The molecule has 0 aliphatic carbocycles. The lowest BCUT2D eigenvalue weighted by atomic mass is 9.81. The predicted octanol–water partition coefficient (Wildman–Crippen LogP) is 2.59. The molecule has 1 atom stereocenters. The number of hydrogen-bond acceptors (Lipinski definition) is 8. The van der Waals surface area contributed by atoms with E-state index < -0.39 is 5.41 Å². The first-order valence-corrected chi connectivity index (χ1v) is 10.5. The topological polar surface area (TPSA) is 131 Å². The summed E-state index contributed by atoms with van der Waals surface area (Å²) in [6.07, 6.45) is 7.52. The standard InChI is InChI=1S/C22H22N8O2/c1-4-5-6-13-19-24-11-25-30(19)10-14(26-13)17-27-18-16(20(31)28-17)22(3,21(32)29-18)15-8-7-12(2)9-23-15/h7-11H,4-6H2,1-3H3,(H2,27,28,29,31,32).